The van der Waals surface area contributed by atoms with Gasteiger partial charge in [-0.3, -0.25) is 0 Å². The summed E-state index contributed by atoms with van der Waals surface area (Å²) < 4.78 is 65.4. The van der Waals surface area contributed by atoms with Crippen molar-refractivity contribution in [2.75, 3.05) is 0 Å². The van der Waals surface area contributed by atoms with Crippen molar-refractivity contribution >= 4 is 21.9 Å². The van der Waals surface area contributed by atoms with Gasteiger partial charge in [-0.2, -0.15) is 0 Å². The molecule has 2 aromatic carbocycles. The van der Waals surface area contributed by atoms with Gasteiger partial charge in [0.25, 0.3) is 0 Å². The first-order valence-corrected chi connectivity index (χ1v) is 8.08. The van der Waals surface area contributed by atoms with E-state index in [9.17, 15) is 21.6 Å². The Kier molecular flexibility index (Phi) is 4.59. The standard InChI is InChI=1S/C14H11F3N4O3S/c15-14(16,17)24-11-5-6-13-12(7-11)19-20-21(13)10-3-1-9(2-4-10)8-18-25(22)23/h1-7,25H,8H2,(H,18,22,23). The maximum atomic E-state index is 12.3. The molecule has 0 aliphatic heterocycles. The van der Waals surface area contributed by atoms with E-state index in [1.54, 1.807) is 24.3 Å². The van der Waals surface area contributed by atoms with Crippen molar-refractivity contribution in [3.8, 4) is 11.4 Å². The highest BCUT2D eigenvalue weighted by molar-refractivity contribution is 7.70. The number of rotatable bonds is 5. The van der Waals surface area contributed by atoms with E-state index >= 15 is 0 Å². The van der Waals surface area contributed by atoms with Crippen LogP contribution in [0.2, 0.25) is 0 Å². The van der Waals surface area contributed by atoms with Crippen molar-refractivity contribution in [3.63, 3.8) is 0 Å². The Morgan fingerprint density at radius 2 is 1.84 bits per heavy atom. The molecule has 0 saturated heterocycles. The van der Waals surface area contributed by atoms with Crippen LogP contribution in [0.3, 0.4) is 0 Å². The predicted molar refractivity (Wildman–Crippen MR) is 82.7 cm³/mol. The van der Waals surface area contributed by atoms with Crippen LogP contribution in [0.4, 0.5) is 13.2 Å². The maximum absolute atomic E-state index is 12.3. The van der Waals surface area contributed by atoms with Crippen molar-refractivity contribution in [2.45, 2.75) is 12.9 Å². The highest BCUT2D eigenvalue weighted by Crippen LogP contribution is 2.26. The first-order valence-electron chi connectivity index (χ1n) is 6.90. The number of hydrogen-bond acceptors (Lipinski definition) is 5. The summed E-state index contributed by atoms with van der Waals surface area (Å²) in [5.74, 6) is -0.375. The lowest BCUT2D eigenvalue weighted by atomic mass is 10.2. The molecule has 7 nitrogen and oxygen atoms in total. The number of fused-ring (bicyclic) bond motifs is 1. The molecule has 0 aliphatic carbocycles. The van der Waals surface area contributed by atoms with Crippen molar-refractivity contribution in [1.82, 2.24) is 19.7 Å². The van der Waals surface area contributed by atoms with Gasteiger partial charge in [-0.15, -0.1) is 18.3 Å². The Balaban J connectivity index is 1.86. The van der Waals surface area contributed by atoms with Crippen LogP contribution >= 0.6 is 0 Å². The van der Waals surface area contributed by atoms with Gasteiger partial charge in [0.1, 0.15) is 11.3 Å². The number of aromatic nitrogens is 3. The number of benzene rings is 2. The Labute approximate surface area is 141 Å². The minimum atomic E-state index is -4.78. The van der Waals surface area contributed by atoms with Gasteiger partial charge in [-0.25, -0.2) is 17.8 Å². The quantitative estimate of drug-likeness (QED) is 0.669. The molecule has 3 aromatic rings. The molecule has 1 aromatic heterocycles. The summed E-state index contributed by atoms with van der Waals surface area (Å²) in [7, 11) is -2.67. The smallest absolute Gasteiger partial charge is 0.406 e. The number of ether oxygens (including phenoxy) is 1. The summed E-state index contributed by atoms with van der Waals surface area (Å²) in [6, 6.07) is 10.6. The first-order chi connectivity index (χ1) is 11.8. The van der Waals surface area contributed by atoms with Gasteiger partial charge in [-0.1, -0.05) is 17.3 Å². The highest BCUT2D eigenvalue weighted by Gasteiger charge is 2.31. The number of nitrogens with zero attached hydrogens (tertiary/aromatic N) is 3. The number of hydrogen-bond donors (Lipinski definition) is 2. The molecule has 0 fully saturated rings. The van der Waals surface area contributed by atoms with Gasteiger partial charge in [0, 0.05) is 12.6 Å². The summed E-state index contributed by atoms with van der Waals surface area (Å²) >= 11 is 0. The molecular formula is C14H11F3N4O3S. The lowest BCUT2D eigenvalue weighted by molar-refractivity contribution is -0.274. The number of nitrogens with one attached hydrogen (secondary N) is 1. The highest BCUT2D eigenvalue weighted by atomic mass is 32.2. The monoisotopic (exact) mass is 372 g/mol. The topological polar surface area (TPSA) is 86.1 Å². The summed E-state index contributed by atoms with van der Waals surface area (Å²) in [5.41, 5.74) is 2.12. The average Bonchev–Trinajstić information content (AvgIpc) is 2.95. The van der Waals surface area contributed by atoms with Crippen molar-refractivity contribution in [3.05, 3.63) is 48.0 Å². The number of alkyl halides is 3. The fraction of sp³-hybridized carbons (Fsp3) is 0.143. The fourth-order valence-corrected chi connectivity index (χ4v) is 2.51. The van der Waals surface area contributed by atoms with E-state index in [0.29, 0.717) is 11.2 Å². The van der Waals surface area contributed by atoms with Crippen LogP contribution in [-0.4, -0.2) is 29.8 Å². The Hall–Kier alpha value is -2.66. The zero-order chi connectivity index (χ0) is 18.0. The third-order valence-corrected chi connectivity index (χ3v) is 3.66. The van der Waals surface area contributed by atoms with E-state index in [0.717, 1.165) is 11.6 Å². The van der Waals surface area contributed by atoms with Gasteiger partial charge in [0.05, 0.1) is 11.2 Å². The molecule has 0 radical (unpaired) electrons. The van der Waals surface area contributed by atoms with E-state index in [2.05, 4.69) is 19.8 Å². The van der Waals surface area contributed by atoms with Crippen LogP contribution in [-0.2, 0) is 17.4 Å². The van der Waals surface area contributed by atoms with Gasteiger partial charge in [-0.05, 0) is 29.8 Å². The van der Waals surface area contributed by atoms with Crippen molar-refractivity contribution < 1.29 is 26.3 Å². The van der Waals surface area contributed by atoms with Gasteiger partial charge in [0.2, 0.25) is 10.9 Å². The zero-order valence-electron chi connectivity index (χ0n) is 12.4. The second-order valence-electron chi connectivity index (χ2n) is 4.96. The molecule has 1 heterocycles. The molecule has 1 N–H and O–H groups in total. The van der Waals surface area contributed by atoms with Crippen LogP contribution in [0.25, 0.3) is 16.7 Å². The summed E-state index contributed by atoms with van der Waals surface area (Å²) in [6.07, 6.45) is -4.78. The molecule has 0 amide bonds. The Morgan fingerprint density at radius 1 is 1.12 bits per heavy atom. The minimum absolute atomic E-state index is 0.162. The lowest BCUT2D eigenvalue weighted by Crippen LogP contribution is -2.17. The zero-order valence-corrected chi connectivity index (χ0v) is 13.3. The third-order valence-electron chi connectivity index (χ3n) is 3.24. The molecule has 11 heteroatoms. The molecule has 25 heavy (non-hydrogen) atoms. The van der Waals surface area contributed by atoms with E-state index < -0.39 is 17.3 Å². The first kappa shape index (κ1) is 17.2. The van der Waals surface area contributed by atoms with Crippen LogP contribution in [0, 0.1) is 0 Å². The molecule has 0 saturated carbocycles. The van der Waals surface area contributed by atoms with E-state index in [4.69, 9.17) is 0 Å². The van der Waals surface area contributed by atoms with Gasteiger partial charge >= 0.3 is 6.36 Å². The molecule has 0 aliphatic rings. The van der Waals surface area contributed by atoms with Crippen LogP contribution in [0.1, 0.15) is 5.56 Å². The molecule has 0 unspecified atom stereocenters. The Bertz CT molecular complexity index is 960. The normalized spacial score (nSPS) is 12.0. The fourth-order valence-electron chi connectivity index (χ4n) is 2.20. The summed E-state index contributed by atoms with van der Waals surface area (Å²) in [4.78, 5) is 0. The second kappa shape index (κ2) is 6.69. The van der Waals surface area contributed by atoms with Crippen molar-refractivity contribution in [1.29, 1.82) is 0 Å². The second-order valence-corrected chi connectivity index (χ2v) is 5.79. The minimum Gasteiger partial charge on any atom is -0.406 e. The van der Waals surface area contributed by atoms with Crippen molar-refractivity contribution in [2.24, 2.45) is 0 Å². The SMILES string of the molecule is O=[SH](=O)NCc1ccc(-n2nnc3cc(OC(F)(F)F)ccc32)cc1. The molecule has 0 bridgehead atoms. The lowest BCUT2D eigenvalue weighted by Gasteiger charge is -2.08. The predicted octanol–water partition coefficient (Wildman–Crippen LogP) is 1.94. The molecule has 3 rings (SSSR count). The maximum Gasteiger partial charge on any atom is 0.573 e. The van der Waals surface area contributed by atoms with Gasteiger partial charge in [0.15, 0.2) is 0 Å². The largest absolute Gasteiger partial charge is 0.573 e. The summed E-state index contributed by atoms with van der Waals surface area (Å²) in [5, 5.41) is 7.77. The van der Waals surface area contributed by atoms with Crippen LogP contribution < -0.4 is 9.46 Å². The number of halogens is 3. The summed E-state index contributed by atoms with van der Waals surface area (Å²) in [6.45, 7) is 0.162. The molecule has 132 valence electrons. The van der Waals surface area contributed by atoms with E-state index in [1.165, 1.54) is 16.8 Å². The number of thiol groups is 1. The van der Waals surface area contributed by atoms with Crippen LogP contribution in [0.15, 0.2) is 42.5 Å². The third kappa shape index (κ3) is 4.25. The van der Waals surface area contributed by atoms with Gasteiger partial charge < -0.3 is 4.74 Å². The van der Waals surface area contributed by atoms with Crippen LogP contribution in [0.5, 0.6) is 5.75 Å². The molecule has 0 spiro atoms. The average molecular weight is 372 g/mol. The Morgan fingerprint density at radius 3 is 2.48 bits per heavy atom. The van der Waals surface area contributed by atoms with E-state index in [-0.39, 0.29) is 17.8 Å². The molecule has 0 atom stereocenters. The molecular weight excluding hydrogens is 361 g/mol. The van der Waals surface area contributed by atoms with E-state index in [1.807, 2.05) is 0 Å².